The molecule has 0 bridgehead atoms. The molecule has 0 unspecified atom stereocenters. The summed E-state index contributed by atoms with van der Waals surface area (Å²) >= 11 is 0. The number of rotatable bonds is 8. The van der Waals surface area contributed by atoms with Crippen LogP contribution in [0, 0.1) is 0 Å². The van der Waals surface area contributed by atoms with Crippen LogP contribution < -0.4 is 10.1 Å². The lowest BCUT2D eigenvalue weighted by molar-refractivity contribution is 0.192. The van der Waals surface area contributed by atoms with E-state index in [9.17, 15) is 4.79 Å². The molecule has 0 atom stereocenters. The van der Waals surface area contributed by atoms with E-state index in [4.69, 9.17) is 4.74 Å². The van der Waals surface area contributed by atoms with Crippen LogP contribution in [0.15, 0.2) is 84.9 Å². The summed E-state index contributed by atoms with van der Waals surface area (Å²) in [6.45, 7) is 1.69. The van der Waals surface area contributed by atoms with Gasteiger partial charge in [-0.3, -0.25) is 0 Å². The number of carbonyl (C=O) groups excluding carboxylic acids is 1. The number of para-hydroxylation sites is 1. The van der Waals surface area contributed by atoms with Crippen molar-refractivity contribution in [3.8, 4) is 5.75 Å². The number of nitrogens with zero attached hydrogens (tertiary/aromatic N) is 1. The highest BCUT2D eigenvalue weighted by molar-refractivity contribution is 5.74. The minimum atomic E-state index is -0.0670. The molecule has 0 spiro atoms. The predicted octanol–water partition coefficient (Wildman–Crippen LogP) is 4.65. The average molecular weight is 374 g/mol. The number of urea groups is 1. The van der Waals surface area contributed by atoms with E-state index in [2.05, 4.69) is 5.32 Å². The van der Waals surface area contributed by atoms with Gasteiger partial charge in [0.15, 0.2) is 0 Å². The van der Waals surface area contributed by atoms with Crippen molar-refractivity contribution >= 4 is 6.03 Å². The third kappa shape index (κ3) is 5.61. The average Bonchev–Trinajstić information content (AvgIpc) is 2.75. The molecule has 0 radical (unpaired) electrons. The minimum absolute atomic E-state index is 0.0670. The molecular formula is C24H26N2O2. The molecule has 0 saturated heterocycles. The van der Waals surface area contributed by atoms with Crippen molar-refractivity contribution in [3.63, 3.8) is 0 Å². The Hall–Kier alpha value is -3.27. The normalized spacial score (nSPS) is 10.3. The molecule has 0 fully saturated rings. The van der Waals surface area contributed by atoms with Gasteiger partial charge in [0.25, 0.3) is 0 Å². The molecule has 0 heterocycles. The maximum atomic E-state index is 12.9. The van der Waals surface area contributed by atoms with Crippen LogP contribution in [-0.4, -0.2) is 24.6 Å². The highest BCUT2D eigenvalue weighted by Gasteiger charge is 2.14. The molecular weight excluding hydrogens is 348 g/mol. The standard InChI is InChI=1S/C24H26N2O2/c1-28-23-15-9-8-14-22(23)16-17-25-24(27)26(18-20-10-4-2-5-11-20)19-21-12-6-3-7-13-21/h2-15H,16-19H2,1H3,(H,25,27). The van der Waals surface area contributed by atoms with Crippen molar-refractivity contribution in [2.75, 3.05) is 13.7 Å². The first kappa shape index (κ1) is 19.5. The van der Waals surface area contributed by atoms with Gasteiger partial charge in [-0.1, -0.05) is 78.9 Å². The van der Waals surface area contributed by atoms with Crippen LogP contribution in [-0.2, 0) is 19.5 Å². The smallest absolute Gasteiger partial charge is 0.318 e. The Morgan fingerprint density at radius 2 is 1.36 bits per heavy atom. The largest absolute Gasteiger partial charge is 0.496 e. The van der Waals surface area contributed by atoms with E-state index in [-0.39, 0.29) is 6.03 Å². The molecule has 28 heavy (non-hydrogen) atoms. The molecule has 0 aliphatic carbocycles. The van der Waals surface area contributed by atoms with Gasteiger partial charge in [-0.15, -0.1) is 0 Å². The second-order valence-electron chi connectivity index (χ2n) is 6.62. The number of hydrogen-bond acceptors (Lipinski definition) is 2. The van der Waals surface area contributed by atoms with E-state index < -0.39 is 0 Å². The molecule has 3 aromatic rings. The molecule has 0 saturated carbocycles. The van der Waals surface area contributed by atoms with E-state index in [1.165, 1.54) is 0 Å². The molecule has 0 aliphatic heterocycles. The van der Waals surface area contributed by atoms with Gasteiger partial charge < -0.3 is 15.0 Å². The van der Waals surface area contributed by atoms with Crippen molar-refractivity contribution in [3.05, 3.63) is 102 Å². The van der Waals surface area contributed by atoms with E-state index in [0.29, 0.717) is 19.6 Å². The minimum Gasteiger partial charge on any atom is -0.496 e. The SMILES string of the molecule is COc1ccccc1CCNC(=O)N(Cc1ccccc1)Cc1ccccc1. The van der Waals surface area contributed by atoms with Gasteiger partial charge in [0.05, 0.1) is 7.11 Å². The summed E-state index contributed by atoms with van der Waals surface area (Å²) in [5.41, 5.74) is 3.31. The van der Waals surface area contributed by atoms with Crippen LogP contribution in [0.25, 0.3) is 0 Å². The quantitative estimate of drug-likeness (QED) is 0.624. The van der Waals surface area contributed by atoms with Gasteiger partial charge in [0, 0.05) is 19.6 Å². The predicted molar refractivity (Wildman–Crippen MR) is 112 cm³/mol. The first-order valence-electron chi connectivity index (χ1n) is 9.49. The highest BCUT2D eigenvalue weighted by atomic mass is 16.5. The van der Waals surface area contributed by atoms with Crippen LogP contribution in [0.4, 0.5) is 4.79 Å². The summed E-state index contributed by atoms with van der Waals surface area (Å²) < 4.78 is 5.39. The van der Waals surface area contributed by atoms with Crippen LogP contribution in [0.1, 0.15) is 16.7 Å². The van der Waals surface area contributed by atoms with Crippen molar-refractivity contribution in [2.45, 2.75) is 19.5 Å². The molecule has 144 valence electrons. The van der Waals surface area contributed by atoms with Crippen molar-refractivity contribution in [2.24, 2.45) is 0 Å². The first-order valence-corrected chi connectivity index (χ1v) is 9.49. The van der Waals surface area contributed by atoms with E-state index in [1.54, 1.807) is 7.11 Å². The summed E-state index contributed by atoms with van der Waals surface area (Å²) in [5.74, 6) is 0.849. The van der Waals surface area contributed by atoms with Crippen LogP contribution >= 0.6 is 0 Å². The van der Waals surface area contributed by atoms with Crippen LogP contribution in [0.3, 0.4) is 0 Å². The lowest BCUT2D eigenvalue weighted by atomic mass is 10.1. The summed E-state index contributed by atoms with van der Waals surface area (Å²) in [6, 6.07) is 27.9. The number of ether oxygens (including phenoxy) is 1. The van der Waals surface area contributed by atoms with E-state index in [0.717, 1.165) is 28.9 Å². The fourth-order valence-electron chi connectivity index (χ4n) is 3.13. The zero-order valence-electron chi connectivity index (χ0n) is 16.2. The molecule has 4 heteroatoms. The number of amides is 2. The fourth-order valence-corrected chi connectivity index (χ4v) is 3.13. The van der Waals surface area contributed by atoms with Gasteiger partial charge in [-0.05, 0) is 29.2 Å². The summed E-state index contributed by atoms with van der Waals surface area (Å²) in [5, 5.41) is 3.05. The van der Waals surface area contributed by atoms with Crippen LogP contribution in [0.5, 0.6) is 5.75 Å². The summed E-state index contributed by atoms with van der Waals surface area (Å²) in [6.07, 6.45) is 0.722. The van der Waals surface area contributed by atoms with Crippen LogP contribution in [0.2, 0.25) is 0 Å². The Kier molecular flexibility index (Phi) is 7.08. The van der Waals surface area contributed by atoms with Gasteiger partial charge in [0.1, 0.15) is 5.75 Å². The zero-order chi connectivity index (χ0) is 19.6. The number of carbonyl (C=O) groups is 1. The second-order valence-corrected chi connectivity index (χ2v) is 6.62. The van der Waals surface area contributed by atoms with Crippen molar-refractivity contribution in [1.29, 1.82) is 0 Å². The second kappa shape index (κ2) is 10.2. The van der Waals surface area contributed by atoms with Gasteiger partial charge in [-0.25, -0.2) is 4.79 Å². The number of nitrogens with one attached hydrogen (secondary N) is 1. The lowest BCUT2D eigenvalue weighted by Crippen LogP contribution is -2.40. The molecule has 1 N–H and O–H groups in total. The Morgan fingerprint density at radius 3 is 1.93 bits per heavy atom. The topological polar surface area (TPSA) is 41.6 Å². The zero-order valence-corrected chi connectivity index (χ0v) is 16.2. The number of hydrogen-bond donors (Lipinski definition) is 1. The Labute approximate surface area is 166 Å². The Balaban J connectivity index is 1.64. The number of benzene rings is 3. The maximum Gasteiger partial charge on any atom is 0.318 e. The third-order valence-corrected chi connectivity index (χ3v) is 4.58. The highest BCUT2D eigenvalue weighted by Crippen LogP contribution is 2.17. The molecule has 3 rings (SSSR count). The van der Waals surface area contributed by atoms with E-state index >= 15 is 0 Å². The maximum absolute atomic E-state index is 12.9. The van der Waals surface area contributed by atoms with E-state index in [1.807, 2.05) is 89.8 Å². The fraction of sp³-hybridized carbons (Fsp3) is 0.208. The molecule has 3 aromatic carbocycles. The van der Waals surface area contributed by atoms with Crippen molar-refractivity contribution in [1.82, 2.24) is 10.2 Å². The molecule has 0 aromatic heterocycles. The van der Waals surface area contributed by atoms with Gasteiger partial charge in [-0.2, -0.15) is 0 Å². The van der Waals surface area contributed by atoms with Crippen molar-refractivity contribution < 1.29 is 9.53 Å². The third-order valence-electron chi connectivity index (χ3n) is 4.58. The lowest BCUT2D eigenvalue weighted by Gasteiger charge is -2.23. The van der Waals surface area contributed by atoms with Gasteiger partial charge in [0.2, 0.25) is 0 Å². The Bertz CT molecular complexity index is 825. The Morgan fingerprint density at radius 1 is 0.821 bits per heavy atom. The first-order chi connectivity index (χ1) is 13.8. The number of methoxy groups -OCH3 is 1. The molecule has 4 nitrogen and oxygen atoms in total. The summed E-state index contributed by atoms with van der Waals surface area (Å²) in [7, 11) is 1.67. The summed E-state index contributed by atoms with van der Waals surface area (Å²) in [4.78, 5) is 14.7. The molecule has 2 amide bonds. The monoisotopic (exact) mass is 374 g/mol. The van der Waals surface area contributed by atoms with Gasteiger partial charge >= 0.3 is 6.03 Å². The molecule has 0 aliphatic rings.